The van der Waals surface area contributed by atoms with E-state index in [9.17, 15) is 13.6 Å². The molecule has 0 radical (unpaired) electrons. The van der Waals surface area contributed by atoms with Crippen molar-refractivity contribution in [2.45, 2.75) is 6.61 Å². The molecule has 1 amide bonds. The lowest BCUT2D eigenvalue weighted by Crippen LogP contribution is -2.27. The van der Waals surface area contributed by atoms with E-state index in [-0.39, 0.29) is 23.6 Å². The van der Waals surface area contributed by atoms with E-state index in [4.69, 9.17) is 14.7 Å². The Morgan fingerprint density at radius 1 is 1.39 bits per heavy atom. The Labute approximate surface area is 132 Å². The highest BCUT2D eigenvalue weighted by Crippen LogP contribution is 2.30. The highest BCUT2D eigenvalue weighted by molar-refractivity contribution is 6.01. The predicted octanol–water partition coefficient (Wildman–Crippen LogP) is 1.97. The van der Waals surface area contributed by atoms with Crippen LogP contribution in [0.25, 0.3) is 6.08 Å². The molecule has 0 atom stereocenters. The van der Waals surface area contributed by atoms with Gasteiger partial charge in [0.15, 0.2) is 11.5 Å². The molecule has 0 aliphatic carbocycles. The molecule has 6 nitrogen and oxygen atoms in total. The minimum atomic E-state index is -3.02. The van der Waals surface area contributed by atoms with Crippen LogP contribution in [-0.2, 0) is 9.53 Å². The zero-order chi connectivity index (χ0) is 17.2. The van der Waals surface area contributed by atoms with E-state index in [1.54, 1.807) is 6.07 Å². The van der Waals surface area contributed by atoms with Gasteiger partial charge in [-0.05, 0) is 23.8 Å². The summed E-state index contributed by atoms with van der Waals surface area (Å²) in [4.78, 5) is 11.8. The molecule has 1 aromatic rings. The van der Waals surface area contributed by atoms with Crippen LogP contribution in [-0.4, -0.2) is 39.9 Å². The molecular formula is C15H16F2N2O4. The molecule has 1 rings (SSSR count). The molecule has 0 unspecified atom stereocenters. The minimum Gasteiger partial charge on any atom is -0.493 e. The molecule has 0 heterocycles. The molecule has 1 N–H and O–H groups in total. The summed E-state index contributed by atoms with van der Waals surface area (Å²) >= 11 is 0. The lowest BCUT2D eigenvalue weighted by atomic mass is 10.1. The highest BCUT2D eigenvalue weighted by Gasteiger charge is 2.13. The van der Waals surface area contributed by atoms with Crippen molar-refractivity contribution in [1.82, 2.24) is 5.32 Å². The third-order valence-corrected chi connectivity index (χ3v) is 2.67. The van der Waals surface area contributed by atoms with Crippen molar-refractivity contribution < 1.29 is 27.8 Å². The Morgan fingerprint density at radius 3 is 2.70 bits per heavy atom. The standard InChI is InChI=1S/C15H16F2N2O4/c1-21-6-5-19-14(20)11(9-18)7-10-3-4-12(22-2)13(8-10)23-15(16)17/h3-4,7-8,15H,5-6H2,1-2H3,(H,19,20)/b11-7+. The number of rotatable bonds is 8. The summed E-state index contributed by atoms with van der Waals surface area (Å²) in [5.41, 5.74) is 0.175. The first kappa shape index (κ1) is 18.4. The van der Waals surface area contributed by atoms with Gasteiger partial charge in [-0.15, -0.1) is 0 Å². The molecule has 0 bridgehead atoms. The van der Waals surface area contributed by atoms with Gasteiger partial charge in [-0.3, -0.25) is 4.79 Å². The Balaban J connectivity index is 2.99. The van der Waals surface area contributed by atoms with Crippen LogP contribution in [0.3, 0.4) is 0 Å². The van der Waals surface area contributed by atoms with Crippen molar-refractivity contribution >= 4 is 12.0 Å². The van der Waals surface area contributed by atoms with Gasteiger partial charge in [0.25, 0.3) is 5.91 Å². The number of methoxy groups -OCH3 is 2. The van der Waals surface area contributed by atoms with Crippen LogP contribution in [0.15, 0.2) is 23.8 Å². The number of carbonyl (C=O) groups is 1. The number of hydrogen-bond acceptors (Lipinski definition) is 5. The van der Waals surface area contributed by atoms with Crippen LogP contribution in [0.5, 0.6) is 11.5 Å². The third-order valence-electron chi connectivity index (χ3n) is 2.67. The molecule has 0 saturated heterocycles. The maximum absolute atomic E-state index is 12.4. The molecule has 0 aliphatic heterocycles. The molecule has 0 aliphatic rings. The number of nitrogens with zero attached hydrogens (tertiary/aromatic N) is 1. The first-order valence-electron chi connectivity index (χ1n) is 6.53. The summed E-state index contributed by atoms with van der Waals surface area (Å²) in [5, 5.41) is 11.5. The average molecular weight is 326 g/mol. The quantitative estimate of drug-likeness (QED) is 0.449. The van der Waals surface area contributed by atoms with Crippen LogP contribution in [0.4, 0.5) is 8.78 Å². The molecule has 0 saturated carbocycles. The Bertz CT molecular complexity index is 612. The van der Waals surface area contributed by atoms with Crippen LogP contribution in [0.1, 0.15) is 5.56 Å². The van der Waals surface area contributed by atoms with Crippen molar-refractivity contribution in [2.24, 2.45) is 0 Å². The van der Waals surface area contributed by atoms with Gasteiger partial charge in [-0.25, -0.2) is 0 Å². The van der Waals surface area contributed by atoms with E-state index in [0.717, 1.165) is 0 Å². The van der Waals surface area contributed by atoms with Gasteiger partial charge in [0.05, 0.1) is 13.7 Å². The fourth-order valence-electron chi connectivity index (χ4n) is 1.65. The van der Waals surface area contributed by atoms with Gasteiger partial charge in [0, 0.05) is 13.7 Å². The van der Waals surface area contributed by atoms with Gasteiger partial charge in [0.1, 0.15) is 11.6 Å². The van der Waals surface area contributed by atoms with Crippen LogP contribution in [0.2, 0.25) is 0 Å². The highest BCUT2D eigenvalue weighted by atomic mass is 19.3. The van der Waals surface area contributed by atoms with Crippen LogP contribution < -0.4 is 14.8 Å². The summed E-state index contributed by atoms with van der Waals surface area (Å²) < 4.78 is 38.8. The number of alkyl halides is 2. The van der Waals surface area contributed by atoms with Crippen molar-refractivity contribution in [3.8, 4) is 17.6 Å². The van der Waals surface area contributed by atoms with E-state index < -0.39 is 12.5 Å². The molecule has 0 aromatic heterocycles. The Hall–Kier alpha value is -2.66. The molecule has 23 heavy (non-hydrogen) atoms. The summed E-state index contributed by atoms with van der Waals surface area (Å²) in [5.74, 6) is -0.657. The van der Waals surface area contributed by atoms with Crippen molar-refractivity contribution in [2.75, 3.05) is 27.4 Å². The Morgan fingerprint density at radius 2 is 2.13 bits per heavy atom. The van der Waals surface area contributed by atoms with Crippen LogP contribution in [0, 0.1) is 11.3 Å². The molecule has 8 heteroatoms. The topological polar surface area (TPSA) is 80.6 Å². The fourth-order valence-corrected chi connectivity index (χ4v) is 1.65. The first-order valence-corrected chi connectivity index (χ1v) is 6.53. The van der Waals surface area contributed by atoms with E-state index >= 15 is 0 Å². The average Bonchev–Trinajstić information content (AvgIpc) is 2.52. The molecule has 0 fully saturated rings. The molecule has 0 spiro atoms. The molecule has 124 valence electrons. The first-order chi connectivity index (χ1) is 11.0. The number of amides is 1. The number of halogens is 2. The second-order valence-corrected chi connectivity index (χ2v) is 4.21. The largest absolute Gasteiger partial charge is 0.493 e. The number of nitrogens with one attached hydrogen (secondary N) is 1. The monoisotopic (exact) mass is 326 g/mol. The van der Waals surface area contributed by atoms with E-state index in [0.29, 0.717) is 12.2 Å². The normalized spacial score (nSPS) is 11.0. The lowest BCUT2D eigenvalue weighted by molar-refractivity contribution is -0.117. The van der Waals surface area contributed by atoms with Gasteiger partial charge in [-0.2, -0.15) is 14.0 Å². The summed E-state index contributed by atoms with van der Waals surface area (Å²) in [6, 6.07) is 5.92. The molecular weight excluding hydrogens is 310 g/mol. The number of nitriles is 1. The fraction of sp³-hybridized carbons (Fsp3) is 0.333. The Kier molecular flexibility index (Phi) is 7.50. The summed E-state index contributed by atoms with van der Waals surface area (Å²) in [6.45, 7) is -2.47. The van der Waals surface area contributed by atoms with Crippen molar-refractivity contribution in [1.29, 1.82) is 5.26 Å². The molecule has 1 aromatic carbocycles. The van der Waals surface area contributed by atoms with Gasteiger partial charge in [-0.1, -0.05) is 6.07 Å². The summed E-state index contributed by atoms with van der Waals surface area (Å²) in [7, 11) is 2.79. The number of carbonyl (C=O) groups excluding carboxylic acids is 1. The zero-order valence-electron chi connectivity index (χ0n) is 12.6. The van der Waals surface area contributed by atoms with E-state index in [2.05, 4.69) is 10.1 Å². The predicted molar refractivity (Wildman–Crippen MR) is 78.1 cm³/mol. The second-order valence-electron chi connectivity index (χ2n) is 4.21. The van der Waals surface area contributed by atoms with E-state index in [1.165, 1.54) is 38.5 Å². The van der Waals surface area contributed by atoms with Crippen molar-refractivity contribution in [3.05, 3.63) is 29.3 Å². The number of hydrogen-bond donors (Lipinski definition) is 1. The SMILES string of the molecule is COCCNC(=O)/C(C#N)=C/c1ccc(OC)c(OC(F)F)c1. The van der Waals surface area contributed by atoms with Crippen molar-refractivity contribution in [3.63, 3.8) is 0 Å². The second kappa shape index (κ2) is 9.38. The third kappa shape index (κ3) is 5.92. The van der Waals surface area contributed by atoms with Crippen LogP contribution >= 0.6 is 0 Å². The lowest BCUT2D eigenvalue weighted by Gasteiger charge is -2.10. The minimum absolute atomic E-state index is 0.116. The maximum Gasteiger partial charge on any atom is 0.387 e. The maximum atomic E-state index is 12.4. The number of benzene rings is 1. The van der Waals surface area contributed by atoms with E-state index in [1.807, 2.05) is 0 Å². The summed E-state index contributed by atoms with van der Waals surface area (Å²) in [6.07, 6.45) is 1.26. The van der Waals surface area contributed by atoms with Gasteiger partial charge < -0.3 is 19.5 Å². The number of ether oxygens (including phenoxy) is 3. The van der Waals surface area contributed by atoms with Gasteiger partial charge in [0.2, 0.25) is 0 Å². The van der Waals surface area contributed by atoms with Gasteiger partial charge >= 0.3 is 6.61 Å². The zero-order valence-corrected chi connectivity index (χ0v) is 12.6. The smallest absolute Gasteiger partial charge is 0.387 e.